The van der Waals surface area contributed by atoms with E-state index in [0.717, 1.165) is 28.6 Å². The minimum absolute atomic E-state index is 0.0442. The zero-order chi connectivity index (χ0) is 17.9. The fraction of sp³-hybridized carbons (Fsp3) is 0.143. The van der Waals surface area contributed by atoms with Gasteiger partial charge in [0.1, 0.15) is 0 Å². The topological polar surface area (TPSA) is 51.9 Å². The first-order chi connectivity index (χ1) is 12.7. The van der Waals surface area contributed by atoms with Crippen molar-refractivity contribution < 1.29 is 4.79 Å². The molecule has 0 saturated carbocycles. The number of carbonyl (C=O) groups excluding carboxylic acids is 1. The zero-order valence-corrected chi connectivity index (χ0v) is 14.6. The number of amides is 1. The maximum atomic E-state index is 12.5. The van der Waals surface area contributed by atoms with Gasteiger partial charge in [-0.05, 0) is 30.2 Å². The molecule has 1 N–H and O–H groups in total. The quantitative estimate of drug-likeness (QED) is 0.604. The zero-order valence-electron chi connectivity index (χ0n) is 14.6. The number of benzene rings is 2. The molecule has 0 radical (unpaired) electrons. The second-order valence-electron chi connectivity index (χ2n) is 6.31. The number of fused-ring (bicyclic) bond motifs is 1. The number of hydrogen-bond acceptors (Lipinski definition) is 2. The first-order valence-electron chi connectivity index (χ1n) is 8.63. The number of nitrogens with one attached hydrogen (secondary N) is 1. The van der Waals surface area contributed by atoms with E-state index < -0.39 is 0 Å². The van der Waals surface area contributed by atoms with Crippen molar-refractivity contribution in [2.75, 3.05) is 6.54 Å². The van der Waals surface area contributed by atoms with Crippen LogP contribution in [0.2, 0.25) is 0 Å². The number of aryl methyl sites for hydroxylation is 1. The van der Waals surface area contributed by atoms with Crippen LogP contribution in [0.25, 0.3) is 16.6 Å². The predicted octanol–water partition coefficient (Wildman–Crippen LogP) is 3.34. The van der Waals surface area contributed by atoms with Gasteiger partial charge < -0.3 is 9.88 Å². The van der Waals surface area contributed by atoms with Crippen LogP contribution in [0.5, 0.6) is 0 Å². The summed E-state index contributed by atoms with van der Waals surface area (Å²) in [5.41, 5.74) is 3.88. The molecule has 0 aliphatic rings. The molecule has 0 unspecified atom stereocenters. The van der Waals surface area contributed by atoms with Gasteiger partial charge in [-0.25, -0.2) is 4.68 Å². The highest BCUT2D eigenvalue weighted by atomic mass is 16.1. The average Bonchev–Trinajstić information content (AvgIpc) is 3.28. The summed E-state index contributed by atoms with van der Waals surface area (Å²) in [6.07, 6.45) is 6.47. The summed E-state index contributed by atoms with van der Waals surface area (Å²) >= 11 is 0. The van der Waals surface area contributed by atoms with Crippen LogP contribution in [0, 0.1) is 0 Å². The molecule has 0 spiro atoms. The lowest BCUT2D eigenvalue weighted by molar-refractivity contribution is 0.0955. The fourth-order valence-electron chi connectivity index (χ4n) is 3.15. The van der Waals surface area contributed by atoms with E-state index in [1.807, 2.05) is 89.5 Å². The van der Waals surface area contributed by atoms with E-state index >= 15 is 0 Å². The molecule has 2 heterocycles. The van der Waals surface area contributed by atoms with Gasteiger partial charge in [0, 0.05) is 36.9 Å². The van der Waals surface area contributed by atoms with Gasteiger partial charge >= 0.3 is 0 Å². The van der Waals surface area contributed by atoms with Gasteiger partial charge in [-0.15, -0.1) is 0 Å². The molecule has 5 nitrogen and oxygen atoms in total. The van der Waals surface area contributed by atoms with Gasteiger partial charge in [-0.2, -0.15) is 5.10 Å². The van der Waals surface area contributed by atoms with Crippen LogP contribution in [0.3, 0.4) is 0 Å². The number of rotatable bonds is 5. The number of para-hydroxylation sites is 2. The summed E-state index contributed by atoms with van der Waals surface area (Å²) in [4.78, 5) is 12.5. The fourth-order valence-corrected chi connectivity index (χ4v) is 3.15. The van der Waals surface area contributed by atoms with Gasteiger partial charge in [-0.1, -0.05) is 36.4 Å². The Kier molecular flexibility index (Phi) is 4.27. The van der Waals surface area contributed by atoms with Crippen molar-refractivity contribution in [2.24, 2.45) is 7.05 Å². The van der Waals surface area contributed by atoms with Crippen molar-refractivity contribution in [1.29, 1.82) is 0 Å². The Labute approximate surface area is 151 Å². The monoisotopic (exact) mass is 344 g/mol. The summed E-state index contributed by atoms with van der Waals surface area (Å²) in [5.74, 6) is -0.0442. The van der Waals surface area contributed by atoms with Crippen molar-refractivity contribution in [3.63, 3.8) is 0 Å². The highest BCUT2D eigenvalue weighted by Crippen LogP contribution is 2.20. The molecule has 2 aromatic heterocycles. The van der Waals surface area contributed by atoms with E-state index in [4.69, 9.17) is 0 Å². The second-order valence-corrected chi connectivity index (χ2v) is 6.31. The Morgan fingerprint density at radius 1 is 1.04 bits per heavy atom. The lowest BCUT2D eigenvalue weighted by Crippen LogP contribution is -2.25. The van der Waals surface area contributed by atoms with E-state index in [9.17, 15) is 4.79 Å². The first kappa shape index (κ1) is 16.1. The third-order valence-corrected chi connectivity index (χ3v) is 4.50. The van der Waals surface area contributed by atoms with E-state index in [0.29, 0.717) is 12.1 Å². The van der Waals surface area contributed by atoms with Crippen molar-refractivity contribution in [2.45, 2.75) is 6.42 Å². The van der Waals surface area contributed by atoms with Gasteiger partial charge in [0.25, 0.3) is 5.91 Å². The molecule has 0 bridgehead atoms. The third kappa shape index (κ3) is 3.11. The molecule has 5 heteroatoms. The molecule has 4 aromatic rings. The Hall–Kier alpha value is -3.34. The molecule has 130 valence electrons. The number of nitrogens with zero attached hydrogens (tertiary/aromatic N) is 3. The molecule has 0 saturated heterocycles. The third-order valence-electron chi connectivity index (χ3n) is 4.50. The highest BCUT2D eigenvalue weighted by molar-refractivity contribution is 6.06. The lowest BCUT2D eigenvalue weighted by Gasteiger charge is -2.03. The number of carbonyl (C=O) groups is 1. The standard InChI is InChI=1S/C21H20N4O/c1-24-15-19(18-9-5-6-10-20(18)24)21(26)22-12-11-16-13-23-25(14-16)17-7-3-2-4-8-17/h2-10,13-15H,11-12H2,1H3,(H,22,26). The van der Waals surface area contributed by atoms with Crippen LogP contribution in [-0.2, 0) is 13.5 Å². The highest BCUT2D eigenvalue weighted by Gasteiger charge is 2.13. The molecule has 4 rings (SSSR count). The molecule has 0 aliphatic heterocycles. The summed E-state index contributed by atoms with van der Waals surface area (Å²) < 4.78 is 3.83. The van der Waals surface area contributed by atoms with E-state index in [1.54, 1.807) is 0 Å². The SMILES string of the molecule is Cn1cc(C(=O)NCCc2cnn(-c3ccccc3)c2)c2ccccc21. The smallest absolute Gasteiger partial charge is 0.253 e. The Balaban J connectivity index is 1.40. The summed E-state index contributed by atoms with van der Waals surface area (Å²) in [6.45, 7) is 0.572. The molecule has 0 atom stereocenters. The second kappa shape index (κ2) is 6.88. The first-order valence-corrected chi connectivity index (χ1v) is 8.63. The average molecular weight is 344 g/mol. The van der Waals surface area contributed by atoms with E-state index in [2.05, 4.69) is 10.4 Å². The Morgan fingerprint density at radius 3 is 2.65 bits per heavy atom. The van der Waals surface area contributed by atoms with Crippen molar-refractivity contribution in [3.8, 4) is 5.69 Å². The molecule has 26 heavy (non-hydrogen) atoms. The van der Waals surface area contributed by atoms with Crippen molar-refractivity contribution in [1.82, 2.24) is 19.7 Å². The number of hydrogen-bond donors (Lipinski definition) is 1. The Morgan fingerprint density at radius 2 is 1.81 bits per heavy atom. The molecule has 0 aliphatic carbocycles. The van der Waals surface area contributed by atoms with Crippen LogP contribution in [-0.4, -0.2) is 26.8 Å². The molecule has 0 fully saturated rings. The lowest BCUT2D eigenvalue weighted by atomic mass is 10.1. The Bertz CT molecular complexity index is 1050. The maximum Gasteiger partial charge on any atom is 0.253 e. The minimum atomic E-state index is -0.0442. The van der Waals surface area contributed by atoms with Gasteiger partial charge in [0.05, 0.1) is 17.4 Å². The van der Waals surface area contributed by atoms with Crippen LogP contribution in [0.1, 0.15) is 15.9 Å². The number of aromatic nitrogens is 3. The summed E-state index contributed by atoms with van der Waals surface area (Å²) in [7, 11) is 1.96. The van der Waals surface area contributed by atoms with Crippen LogP contribution in [0.15, 0.2) is 73.2 Å². The van der Waals surface area contributed by atoms with Crippen molar-refractivity contribution >= 4 is 16.8 Å². The van der Waals surface area contributed by atoms with Crippen LogP contribution in [0.4, 0.5) is 0 Å². The van der Waals surface area contributed by atoms with E-state index in [1.165, 1.54) is 0 Å². The molecular weight excluding hydrogens is 324 g/mol. The van der Waals surface area contributed by atoms with Gasteiger partial charge in [-0.3, -0.25) is 4.79 Å². The summed E-state index contributed by atoms with van der Waals surface area (Å²) in [5, 5.41) is 8.38. The van der Waals surface area contributed by atoms with Crippen molar-refractivity contribution in [3.05, 3.63) is 84.3 Å². The normalized spacial score (nSPS) is 11.0. The van der Waals surface area contributed by atoms with Gasteiger partial charge in [0.15, 0.2) is 0 Å². The van der Waals surface area contributed by atoms with Gasteiger partial charge in [0.2, 0.25) is 0 Å². The van der Waals surface area contributed by atoms with E-state index in [-0.39, 0.29) is 5.91 Å². The maximum absolute atomic E-state index is 12.5. The largest absolute Gasteiger partial charge is 0.352 e. The predicted molar refractivity (Wildman–Crippen MR) is 103 cm³/mol. The van der Waals surface area contributed by atoms with Crippen LogP contribution >= 0.6 is 0 Å². The molecular formula is C21H20N4O. The van der Waals surface area contributed by atoms with Crippen LogP contribution < -0.4 is 5.32 Å². The summed E-state index contributed by atoms with van der Waals surface area (Å²) in [6, 6.07) is 17.9. The minimum Gasteiger partial charge on any atom is -0.352 e. The molecule has 1 amide bonds. The molecule has 2 aromatic carbocycles.